The predicted molar refractivity (Wildman–Crippen MR) is 62.3 cm³/mol. The van der Waals surface area contributed by atoms with Gasteiger partial charge in [-0.3, -0.25) is 4.68 Å². The fourth-order valence-electron chi connectivity index (χ4n) is 1.42. The summed E-state index contributed by atoms with van der Waals surface area (Å²) in [6.07, 6.45) is 5.35. The van der Waals surface area contributed by atoms with Crippen LogP contribution in [0.1, 0.15) is 31.4 Å². The summed E-state index contributed by atoms with van der Waals surface area (Å²) in [7, 11) is 0. The molecule has 0 saturated carbocycles. The van der Waals surface area contributed by atoms with Crippen LogP contribution in [-0.4, -0.2) is 45.0 Å². The van der Waals surface area contributed by atoms with Gasteiger partial charge in [0.25, 0.3) is 0 Å². The lowest BCUT2D eigenvalue weighted by molar-refractivity contribution is 0.102. The lowest BCUT2D eigenvalue weighted by Crippen LogP contribution is -1.99. The van der Waals surface area contributed by atoms with Crippen molar-refractivity contribution in [2.24, 2.45) is 0 Å². The van der Waals surface area contributed by atoms with Crippen molar-refractivity contribution >= 4 is 0 Å². The van der Waals surface area contributed by atoms with E-state index in [9.17, 15) is 0 Å². The van der Waals surface area contributed by atoms with Gasteiger partial charge in [-0.25, -0.2) is 0 Å². The lowest BCUT2D eigenvalue weighted by Gasteiger charge is -1.99. The number of aliphatic hydroxyl groups excluding tert-OH is 2. The smallest absolute Gasteiger partial charge is 0.108 e. The summed E-state index contributed by atoms with van der Waals surface area (Å²) in [6.45, 7) is 2.21. The van der Waals surface area contributed by atoms with Crippen LogP contribution in [0.15, 0.2) is 6.20 Å². The zero-order valence-corrected chi connectivity index (χ0v) is 10.1. The molecule has 0 saturated heterocycles. The first-order valence-corrected chi connectivity index (χ1v) is 6.05. The second-order valence-corrected chi connectivity index (χ2v) is 3.89. The average Bonchev–Trinajstić information content (AvgIpc) is 2.78. The number of rotatable bonds is 10. The first-order chi connectivity index (χ1) is 8.36. The molecule has 0 aromatic carbocycles. The molecule has 1 aromatic heterocycles. The maximum absolute atomic E-state index is 8.64. The highest BCUT2D eigenvalue weighted by atomic mass is 16.5. The summed E-state index contributed by atoms with van der Waals surface area (Å²) in [6, 6.07) is 0. The van der Waals surface area contributed by atoms with Gasteiger partial charge in [0.2, 0.25) is 0 Å². The standard InChI is InChI=1S/C11H21N3O3/c15-6-3-1-2-5-14-9-11(12-13-14)10-17-8-4-7-16/h9,15-16H,1-8,10H2. The van der Waals surface area contributed by atoms with E-state index in [0.717, 1.165) is 31.5 Å². The Labute approximate surface area is 101 Å². The molecule has 0 fully saturated rings. The molecule has 98 valence electrons. The van der Waals surface area contributed by atoms with Crippen LogP contribution in [0, 0.1) is 0 Å². The van der Waals surface area contributed by atoms with Gasteiger partial charge in [0, 0.05) is 26.4 Å². The van der Waals surface area contributed by atoms with Gasteiger partial charge in [0.15, 0.2) is 0 Å². The molecule has 1 rings (SSSR count). The minimum atomic E-state index is 0.150. The first-order valence-electron chi connectivity index (χ1n) is 6.05. The molecule has 1 heterocycles. The maximum atomic E-state index is 8.64. The highest BCUT2D eigenvalue weighted by molar-refractivity contribution is 4.89. The number of ether oxygens (including phenoxy) is 1. The average molecular weight is 243 g/mol. The van der Waals surface area contributed by atoms with E-state index in [1.54, 1.807) is 4.68 Å². The van der Waals surface area contributed by atoms with Gasteiger partial charge >= 0.3 is 0 Å². The molecular formula is C11H21N3O3. The van der Waals surface area contributed by atoms with E-state index < -0.39 is 0 Å². The summed E-state index contributed by atoms with van der Waals surface area (Å²) in [4.78, 5) is 0. The largest absolute Gasteiger partial charge is 0.396 e. The molecular weight excluding hydrogens is 222 g/mol. The maximum Gasteiger partial charge on any atom is 0.108 e. The number of aliphatic hydroxyl groups is 2. The molecule has 6 heteroatoms. The van der Waals surface area contributed by atoms with Crippen LogP contribution in [0.4, 0.5) is 0 Å². The first kappa shape index (κ1) is 14.1. The normalized spacial score (nSPS) is 10.9. The fraction of sp³-hybridized carbons (Fsp3) is 0.818. The third-order valence-corrected chi connectivity index (χ3v) is 2.33. The monoisotopic (exact) mass is 243 g/mol. The molecule has 0 spiro atoms. The van der Waals surface area contributed by atoms with Crippen LogP contribution < -0.4 is 0 Å². The molecule has 0 aliphatic rings. The summed E-state index contributed by atoms with van der Waals surface area (Å²) >= 11 is 0. The number of nitrogens with zero attached hydrogens (tertiary/aromatic N) is 3. The SMILES string of the molecule is OCCCCCn1cc(COCCCO)nn1. The summed E-state index contributed by atoms with van der Waals surface area (Å²) in [5.74, 6) is 0. The van der Waals surface area contributed by atoms with Crippen molar-refractivity contribution in [3.63, 3.8) is 0 Å². The molecule has 0 bridgehead atoms. The Morgan fingerprint density at radius 3 is 2.71 bits per heavy atom. The van der Waals surface area contributed by atoms with Crippen molar-refractivity contribution in [1.29, 1.82) is 0 Å². The molecule has 2 N–H and O–H groups in total. The van der Waals surface area contributed by atoms with Crippen molar-refractivity contribution in [2.45, 2.75) is 38.8 Å². The number of hydrogen-bond donors (Lipinski definition) is 2. The van der Waals surface area contributed by atoms with Gasteiger partial charge in [-0.05, 0) is 25.7 Å². The minimum absolute atomic E-state index is 0.150. The number of aryl methyl sites for hydroxylation is 1. The molecule has 0 radical (unpaired) electrons. The van der Waals surface area contributed by atoms with Gasteiger partial charge in [-0.1, -0.05) is 5.21 Å². The van der Waals surface area contributed by atoms with Crippen LogP contribution in [0.5, 0.6) is 0 Å². The Hall–Kier alpha value is -0.980. The van der Waals surface area contributed by atoms with Crippen LogP contribution in [0.25, 0.3) is 0 Å². The number of unbranched alkanes of at least 4 members (excludes halogenated alkanes) is 2. The highest BCUT2D eigenvalue weighted by Crippen LogP contribution is 2.00. The van der Waals surface area contributed by atoms with Crippen molar-refractivity contribution in [3.05, 3.63) is 11.9 Å². The third kappa shape index (κ3) is 6.35. The second-order valence-electron chi connectivity index (χ2n) is 3.89. The van der Waals surface area contributed by atoms with Gasteiger partial charge < -0.3 is 14.9 Å². The van der Waals surface area contributed by atoms with E-state index >= 15 is 0 Å². The third-order valence-electron chi connectivity index (χ3n) is 2.33. The van der Waals surface area contributed by atoms with E-state index in [0.29, 0.717) is 19.6 Å². The van der Waals surface area contributed by atoms with E-state index in [-0.39, 0.29) is 13.2 Å². The van der Waals surface area contributed by atoms with Gasteiger partial charge in [0.1, 0.15) is 5.69 Å². The zero-order valence-electron chi connectivity index (χ0n) is 10.1. The van der Waals surface area contributed by atoms with Crippen molar-refractivity contribution in [2.75, 3.05) is 19.8 Å². The van der Waals surface area contributed by atoms with Crippen LogP contribution in [-0.2, 0) is 17.9 Å². The Morgan fingerprint density at radius 1 is 1.12 bits per heavy atom. The lowest BCUT2D eigenvalue weighted by atomic mass is 10.2. The summed E-state index contributed by atoms with van der Waals surface area (Å²) in [5.41, 5.74) is 0.810. The van der Waals surface area contributed by atoms with Gasteiger partial charge in [0.05, 0.1) is 12.8 Å². The fourth-order valence-corrected chi connectivity index (χ4v) is 1.42. The Balaban J connectivity index is 2.14. The Morgan fingerprint density at radius 2 is 1.94 bits per heavy atom. The molecule has 0 unspecified atom stereocenters. The summed E-state index contributed by atoms with van der Waals surface area (Å²) in [5, 5.41) is 25.2. The van der Waals surface area contributed by atoms with E-state index in [1.807, 2.05) is 6.20 Å². The molecule has 1 aromatic rings. The molecule has 0 aliphatic heterocycles. The van der Waals surface area contributed by atoms with E-state index in [4.69, 9.17) is 14.9 Å². The highest BCUT2D eigenvalue weighted by Gasteiger charge is 2.00. The molecule has 17 heavy (non-hydrogen) atoms. The topological polar surface area (TPSA) is 80.4 Å². The Kier molecular flexibility index (Phi) is 7.53. The van der Waals surface area contributed by atoms with Crippen LogP contribution in [0.3, 0.4) is 0 Å². The molecule has 6 nitrogen and oxygen atoms in total. The van der Waals surface area contributed by atoms with Crippen LogP contribution in [0.2, 0.25) is 0 Å². The summed E-state index contributed by atoms with van der Waals surface area (Å²) < 4.78 is 7.10. The van der Waals surface area contributed by atoms with Crippen molar-refractivity contribution in [3.8, 4) is 0 Å². The van der Waals surface area contributed by atoms with Crippen molar-refractivity contribution in [1.82, 2.24) is 15.0 Å². The second kappa shape index (κ2) is 9.09. The minimum Gasteiger partial charge on any atom is -0.396 e. The van der Waals surface area contributed by atoms with Crippen LogP contribution >= 0.6 is 0 Å². The predicted octanol–water partition coefficient (Wildman–Crippen LogP) is 0.340. The van der Waals surface area contributed by atoms with Crippen molar-refractivity contribution < 1.29 is 14.9 Å². The quantitative estimate of drug-likeness (QED) is 0.579. The number of hydrogen-bond acceptors (Lipinski definition) is 5. The zero-order chi connectivity index (χ0) is 12.3. The van der Waals surface area contributed by atoms with Gasteiger partial charge in [-0.2, -0.15) is 0 Å². The molecule has 0 aliphatic carbocycles. The van der Waals surface area contributed by atoms with E-state index in [1.165, 1.54) is 0 Å². The number of aromatic nitrogens is 3. The van der Waals surface area contributed by atoms with Gasteiger partial charge in [-0.15, -0.1) is 5.10 Å². The molecule has 0 atom stereocenters. The van der Waals surface area contributed by atoms with E-state index in [2.05, 4.69) is 10.3 Å². The Bertz CT molecular complexity index is 265. The molecule has 0 amide bonds.